The molecule has 0 bridgehead atoms. The number of carbonyl (C=O) groups is 1. The quantitative estimate of drug-likeness (QED) is 0.318. The number of carbonyl (C=O) groups excluding carboxylic acids is 1. The predicted octanol–water partition coefficient (Wildman–Crippen LogP) is 3.29. The van der Waals surface area contributed by atoms with Gasteiger partial charge in [0.2, 0.25) is 11.8 Å². The Hall–Kier alpha value is -4.00. The van der Waals surface area contributed by atoms with Crippen molar-refractivity contribution in [2.45, 2.75) is 5.22 Å². The van der Waals surface area contributed by atoms with Crippen molar-refractivity contribution in [3.05, 3.63) is 62.7 Å². The second-order valence-corrected chi connectivity index (χ2v) is 6.58. The summed E-state index contributed by atoms with van der Waals surface area (Å²) in [5.74, 6) is -0.146. The minimum atomic E-state index is -0.581. The molecule has 1 heterocycles. The lowest BCUT2D eigenvalue weighted by Crippen LogP contribution is -2.14. The number of aromatic nitrogens is 2. The smallest absolute Gasteiger partial charge is 0.277 e. The van der Waals surface area contributed by atoms with Crippen LogP contribution in [-0.4, -0.2) is 38.8 Å². The van der Waals surface area contributed by atoms with E-state index in [1.165, 1.54) is 49.6 Å². The van der Waals surface area contributed by atoms with Crippen LogP contribution in [0.4, 0.5) is 17.1 Å². The fraction of sp³-hybridized carbons (Fsp3) is 0.118. The highest BCUT2D eigenvalue weighted by Gasteiger charge is 2.16. The predicted molar refractivity (Wildman–Crippen MR) is 105 cm³/mol. The SMILES string of the molecule is COc1ccc([N+](=O)[O-])cc1NC(=O)CSc1nnc(-c2ccc([N+](=O)[O-])cc2)o1. The molecule has 12 nitrogen and oxygen atoms in total. The Kier molecular flexibility index (Phi) is 6.22. The summed E-state index contributed by atoms with van der Waals surface area (Å²) in [5, 5.41) is 31.9. The number of rotatable bonds is 8. The lowest BCUT2D eigenvalue weighted by molar-refractivity contribution is -0.385. The molecule has 3 aromatic rings. The Morgan fingerprint density at radius 3 is 2.40 bits per heavy atom. The summed E-state index contributed by atoms with van der Waals surface area (Å²) in [6.07, 6.45) is 0. The van der Waals surface area contributed by atoms with Gasteiger partial charge < -0.3 is 14.5 Å². The zero-order valence-corrected chi connectivity index (χ0v) is 16.1. The third-order valence-electron chi connectivity index (χ3n) is 3.73. The average Bonchev–Trinajstić information content (AvgIpc) is 3.21. The van der Waals surface area contributed by atoms with Crippen LogP contribution in [0.2, 0.25) is 0 Å². The van der Waals surface area contributed by atoms with E-state index >= 15 is 0 Å². The fourth-order valence-electron chi connectivity index (χ4n) is 2.33. The summed E-state index contributed by atoms with van der Waals surface area (Å²) in [6, 6.07) is 9.42. The van der Waals surface area contributed by atoms with E-state index in [1.807, 2.05) is 0 Å². The van der Waals surface area contributed by atoms with Crippen LogP contribution in [0.5, 0.6) is 5.75 Å². The number of benzene rings is 2. The van der Waals surface area contributed by atoms with E-state index in [0.29, 0.717) is 5.56 Å². The number of ether oxygens (including phenoxy) is 1. The summed E-state index contributed by atoms with van der Waals surface area (Å²) >= 11 is 0.960. The van der Waals surface area contributed by atoms with Gasteiger partial charge in [-0.2, -0.15) is 0 Å². The summed E-state index contributed by atoms with van der Waals surface area (Å²) in [7, 11) is 1.38. The Morgan fingerprint density at radius 2 is 1.77 bits per heavy atom. The summed E-state index contributed by atoms with van der Waals surface area (Å²) in [4.78, 5) is 32.7. The van der Waals surface area contributed by atoms with Gasteiger partial charge in [0.25, 0.3) is 16.6 Å². The molecule has 3 rings (SSSR count). The number of hydrogen-bond donors (Lipinski definition) is 1. The number of hydrogen-bond acceptors (Lipinski definition) is 10. The van der Waals surface area contributed by atoms with Crippen molar-refractivity contribution in [2.75, 3.05) is 18.2 Å². The van der Waals surface area contributed by atoms with Crippen molar-refractivity contribution < 1.29 is 23.8 Å². The second kappa shape index (κ2) is 9.00. The molecular weight excluding hydrogens is 418 g/mol. The molecule has 0 aliphatic heterocycles. The van der Waals surface area contributed by atoms with E-state index in [1.54, 1.807) is 0 Å². The first-order valence-corrected chi connectivity index (χ1v) is 9.19. The number of nitrogens with one attached hydrogen (secondary N) is 1. The van der Waals surface area contributed by atoms with Crippen LogP contribution >= 0.6 is 11.8 Å². The van der Waals surface area contributed by atoms with E-state index in [2.05, 4.69) is 15.5 Å². The van der Waals surface area contributed by atoms with Gasteiger partial charge in [0, 0.05) is 29.8 Å². The highest BCUT2D eigenvalue weighted by atomic mass is 32.2. The van der Waals surface area contributed by atoms with Crippen LogP contribution in [0.3, 0.4) is 0 Å². The molecule has 0 atom stereocenters. The molecule has 0 saturated heterocycles. The van der Waals surface area contributed by atoms with Crippen molar-refractivity contribution in [1.29, 1.82) is 0 Å². The maximum absolute atomic E-state index is 12.2. The molecule has 0 aliphatic carbocycles. The van der Waals surface area contributed by atoms with Crippen molar-refractivity contribution in [1.82, 2.24) is 10.2 Å². The fourth-order valence-corrected chi connectivity index (χ4v) is 2.89. The van der Waals surface area contributed by atoms with Crippen LogP contribution in [0.25, 0.3) is 11.5 Å². The zero-order valence-electron chi connectivity index (χ0n) is 15.3. The van der Waals surface area contributed by atoms with Gasteiger partial charge >= 0.3 is 0 Å². The maximum atomic E-state index is 12.2. The molecular formula is C17H13N5O7S. The molecule has 0 unspecified atom stereocenters. The number of thioether (sulfide) groups is 1. The van der Waals surface area contributed by atoms with Crippen LogP contribution in [0.1, 0.15) is 0 Å². The lowest BCUT2D eigenvalue weighted by atomic mass is 10.2. The van der Waals surface area contributed by atoms with E-state index in [0.717, 1.165) is 11.8 Å². The van der Waals surface area contributed by atoms with E-state index in [4.69, 9.17) is 9.15 Å². The molecule has 0 fully saturated rings. The van der Waals surface area contributed by atoms with Gasteiger partial charge in [0.1, 0.15) is 5.75 Å². The minimum absolute atomic E-state index is 0.0684. The largest absolute Gasteiger partial charge is 0.495 e. The Bertz CT molecular complexity index is 1100. The summed E-state index contributed by atoms with van der Waals surface area (Å²) < 4.78 is 10.5. The first-order chi connectivity index (χ1) is 14.4. The van der Waals surface area contributed by atoms with Crippen molar-refractivity contribution in [3.8, 4) is 17.2 Å². The second-order valence-electron chi connectivity index (χ2n) is 5.66. The molecule has 13 heteroatoms. The molecule has 0 aliphatic rings. The number of nitro groups is 2. The lowest BCUT2D eigenvalue weighted by Gasteiger charge is -2.09. The summed E-state index contributed by atoms with van der Waals surface area (Å²) in [5.41, 5.74) is 0.393. The number of nitro benzene ring substituents is 2. The first-order valence-electron chi connectivity index (χ1n) is 8.21. The molecule has 1 aromatic heterocycles. The number of non-ortho nitro benzene ring substituents is 2. The van der Waals surface area contributed by atoms with E-state index < -0.39 is 15.8 Å². The topological polar surface area (TPSA) is 164 Å². The number of amides is 1. The molecule has 30 heavy (non-hydrogen) atoms. The van der Waals surface area contributed by atoms with Crippen molar-refractivity contribution in [2.24, 2.45) is 0 Å². The summed E-state index contributed by atoms with van der Waals surface area (Å²) in [6.45, 7) is 0. The van der Waals surface area contributed by atoms with Crippen molar-refractivity contribution >= 4 is 34.7 Å². The van der Waals surface area contributed by atoms with Crippen LogP contribution < -0.4 is 10.1 Å². The third-order valence-corrected chi connectivity index (χ3v) is 4.54. The molecule has 0 saturated carbocycles. The molecule has 1 N–H and O–H groups in total. The van der Waals surface area contributed by atoms with Gasteiger partial charge in [-0.15, -0.1) is 10.2 Å². The van der Waals surface area contributed by atoms with Gasteiger partial charge in [-0.1, -0.05) is 11.8 Å². The Morgan fingerprint density at radius 1 is 1.10 bits per heavy atom. The monoisotopic (exact) mass is 431 g/mol. The number of methoxy groups -OCH3 is 1. The van der Waals surface area contributed by atoms with E-state index in [9.17, 15) is 25.0 Å². The van der Waals surface area contributed by atoms with Crippen LogP contribution in [-0.2, 0) is 4.79 Å². The zero-order chi connectivity index (χ0) is 21.7. The van der Waals surface area contributed by atoms with Gasteiger partial charge in [0.15, 0.2) is 0 Å². The molecule has 1 amide bonds. The average molecular weight is 431 g/mol. The van der Waals surface area contributed by atoms with Gasteiger partial charge in [-0.25, -0.2) is 0 Å². The molecule has 0 spiro atoms. The van der Waals surface area contributed by atoms with Gasteiger partial charge in [-0.3, -0.25) is 25.0 Å². The Labute approximate surface area is 172 Å². The van der Waals surface area contributed by atoms with Gasteiger partial charge in [-0.05, 0) is 18.2 Å². The third kappa shape index (κ3) is 4.88. The van der Waals surface area contributed by atoms with Crippen LogP contribution in [0.15, 0.2) is 52.1 Å². The highest BCUT2D eigenvalue weighted by molar-refractivity contribution is 7.99. The van der Waals surface area contributed by atoms with Crippen molar-refractivity contribution in [3.63, 3.8) is 0 Å². The normalized spacial score (nSPS) is 10.4. The number of anilines is 1. The highest BCUT2D eigenvalue weighted by Crippen LogP contribution is 2.29. The van der Waals surface area contributed by atoms with Crippen LogP contribution in [0, 0.1) is 20.2 Å². The maximum Gasteiger partial charge on any atom is 0.277 e. The standard InChI is InChI=1S/C17H13N5O7S/c1-28-14-7-6-12(22(26)27)8-13(14)18-15(23)9-30-17-20-19-16(29-17)10-2-4-11(5-3-10)21(24)25/h2-8H,9H2,1H3,(H,18,23). The Balaban J connectivity index is 1.62. The molecule has 2 aromatic carbocycles. The minimum Gasteiger partial charge on any atom is -0.495 e. The molecule has 154 valence electrons. The first kappa shape index (κ1) is 20.7. The molecule has 0 radical (unpaired) electrons. The van der Waals surface area contributed by atoms with E-state index in [-0.39, 0.29) is 39.7 Å². The number of nitrogens with zero attached hydrogens (tertiary/aromatic N) is 4. The van der Waals surface area contributed by atoms with Gasteiger partial charge in [0.05, 0.1) is 28.4 Å².